The first-order valence-corrected chi connectivity index (χ1v) is 5.28. The minimum absolute atomic E-state index is 0.0618. The van der Waals surface area contributed by atoms with Crippen LogP contribution >= 0.6 is 11.6 Å². The number of nitrogens with zero attached hydrogens (tertiary/aromatic N) is 1. The van der Waals surface area contributed by atoms with Gasteiger partial charge in [-0.25, -0.2) is 13.6 Å². The van der Waals surface area contributed by atoms with E-state index in [0.29, 0.717) is 0 Å². The summed E-state index contributed by atoms with van der Waals surface area (Å²) in [6, 6.07) is 0. The van der Waals surface area contributed by atoms with Crippen LogP contribution < -0.4 is 0 Å². The number of ether oxygens (including phenoxy) is 1. The molecule has 17 heavy (non-hydrogen) atoms. The van der Waals surface area contributed by atoms with Crippen molar-refractivity contribution in [3.63, 3.8) is 0 Å². The van der Waals surface area contributed by atoms with Crippen molar-refractivity contribution in [2.24, 2.45) is 0 Å². The second kappa shape index (κ2) is 5.77. The molecule has 0 aromatic carbocycles. The lowest BCUT2D eigenvalue weighted by Gasteiger charge is -2.11. The third kappa shape index (κ3) is 2.82. The van der Waals surface area contributed by atoms with Gasteiger partial charge in [0.1, 0.15) is 11.3 Å². The van der Waals surface area contributed by atoms with Crippen LogP contribution in [0.3, 0.4) is 0 Å². The van der Waals surface area contributed by atoms with Crippen molar-refractivity contribution in [2.75, 3.05) is 6.61 Å². The smallest absolute Gasteiger partial charge is 0.342 e. The van der Waals surface area contributed by atoms with E-state index in [2.05, 4.69) is 9.72 Å². The number of halogens is 3. The highest BCUT2D eigenvalue weighted by molar-refractivity contribution is 6.17. The summed E-state index contributed by atoms with van der Waals surface area (Å²) in [6.07, 6.45) is -1.95. The standard InChI is InChI=1S/C10H10ClF2NO3/c1-2-17-10(16)6-5(3-11)4-14-7(8(6)15)9(12)13/h4,9,15H,2-3H2,1H3. The Morgan fingerprint density at radius 1 is 1.65 bits per heavy atom. The van der Waals surface area contributed by atoms with Gasteiger partial charge in [-0.05, 0) is 6.92 Å². The number of aromatic hydroxyl groups is 1. The van der Waals surface area contributed by atoms with Gasteiger partial charge in [0.05, 0.1) is 6.61 Å². The average Bonchev–Trinajstić information content (AvgIpc) is 2.27. The van der Waals surface area contributed by atoms with Gasteiger partial charge in [0.25, 0.3) is 6.43 Å². The molecule has 1 aromatic heterocycles. The molecule has 0 unspecified atom stereocenters. The number of alkyl halides is 3. The third-order valence-electron chi connectivity index (χ3n) is 1.99. The predicted octanol–water partition coefficient (Wildman–Crippen LogP) is 2.64. The van der Waals surface area contributed by atoms with Crippen molar-refractivity contribution in [2.45, 2.75) is 19.2 Å². The van der Waals surface area contributed by atoms with Gasteiger partial charge in [0.2, 0.25) is 0 Å². The van der Waals surface area contributed by atoms with Crippen LogP contribution in [0.5, 0.6) is 5.75 Å². The quantitative estimate of drug-likeness (QED) is 0.672. The number of pyridine rings is 1. The molecule has 0 aliphatic rings. The molecule has 0 aliphatic carbocycles. The Balaban J connectivity index is 3.32. The number of rotatable bonds is 4. The number of hydrogen-bond donors (Lipinski definition) is 1. The maximum atomic E-state index is 12.5. The van der Waals surface area contributed by atoms with E-state index in [0.717, 1.165) is 6.20 Å². The fourth-order valence-electron chi connectivity index (χ4n) is 1.25. The molecule has 4 nitrogen and oxygen atoms in total. The molecule has 7 heteroatoms. The molecule has 0 saturated heterocycles. The summed E-state index contributed by atoms with van der Waals surface area (Å²) in [4.78, 5) is 14.9. The van der Waals surface area contributed by atoms with E-state index in [1.165, 1.54) is 0 Å². The maximum Gasteiger partial charge on any atom is 0.342 e. The molecule has 0 amide bonds. The molecule has 1 N–H and O–H groups in total. The van der Waals surface area contributed by atoms with Crippen LogP contribution in [0.25, 0.3) is 0 Å². The van der Waals surface area contributed by atoms with Crippen LogP contribution in [0.1, 0.15) is 35.0 Å². The SMILES string of the molecule is CCOC(=O)c1c(CCl)cnc(C(F)F)c1O. The lowest BCUT2D eigenvalue weighted by molar-refractivity contribution is 0.0520. The summed E-state index contributed by atoms with van der Waals surface area (Å²) in [5.41, 5.74) is -1.07. The molecule has 94 valence electrons. The van der Waals surface area contributed by atoms with Gasteiger partial charge >= 0.3 is 5.97 Å². The van der Waals surface area contributed by atoms with E-state index in [1.807, 2.05) is 0 Å². The molecule has 0 atom stereocenters. The lowest BCUT2D eigenvalue weighted by atomic mass is 10.1. The van der Waals surface area contributed by atoms with Crippen LogP contribution in [0.2, 0.25) is 0 Å². The van der Waals surface area contributed by atoms with Crippen LogP contribution in [0, 0.1) is 0 Å². The summed E-state index contributed by atoms with van der Waals surface area (Å²) in [5.74, 6) is -1.92. The number of carbonyl (C=O) groups excluding carboxylic acids is 1. The Kier molecular flexibility index (Phi) is 4.62. The van der Waals surface area contributed by atoms with Gasteiger partial charge < -0.3 is 9.84 Å². The zero-order chi connectivity index (χ0) is 13.0. The molecule has 0 bridgehead atoms. The molecule has 1 heterocycles. The number of aromatic nitrogens is 1. The molecular formula is C10H10ClF2NO3. The van der Waals surface area contributed by atoms with Gasteiger partial charge in [-0.3, -0.25) is 4.98 Å². The molecule has 1 rings (SSSR count). The fourth-order valence-corrected chi connectivity index (χ4v) is 1.45. The largest absolute Gasteiger partial charge is 0.505 e. The van der Waals surface area contributed by atoms with Crippen molar-refractivity contribution in [3.05, 3.63) is 23.0 Å². The highest BCUT2D eigenvalue weighted by Gasteiger charge is 2.25. The predicted molar refractivity (Wildman–Crippen MR) is 56.4 cm³/mol. The van der Waals surface area contributed by atoms with Gasteiger partial charge in [-0.15, -0.1) is 11.6 Å². The second-order valence-corrected chi connectivity index (χ2v) is 3.31. The highest BCUT2D eigenvalue weighted by Crippen LogP contribution is 2.32. The Hall–Kier alpha value is -1.43. The summed E-state index contributed by atoms with van der Waals surface area (Å²) in [6.45, 7) is 1.62. The first-order valence-electron chi connectivity index (χ1n) is 4.74. The lowest BCUT2D eigenvalue weighted by Crippen LogP contribution is -2.10. The monoisotopic (exact) mass is 265 g/mol. The van der Waals surface area contributed by atoms with Gasteiger partial charge in [-0.1, -0.05) is 0 Å². The molecule has 0 saturated carbocycles. The molecule has 0 aliphatic heterocycles. The van der Waals surface area contributed by atoms with Gasteiger partial charge in [0, 0.05) is 17.6 Å². The topological polar surface area (TPSA) is 59.4 Å². The zero-order valence-electron chi connectivity index (χ0n) is 8.91. The molecule has 0 radical (unpaired) electrons. The molecular weight excluding hydrogens is 256 g/mol. The van der Waals surface area contributed by atoms with Crippen LogP contribution in [-0.2, 0) is 10.6 Å². The highest BCUT2D eigenvalue weighted by atomic mass is 35.5. The van der Waals surface area contributed by atoms with E-state index >= 15 is 0 Å². The normalized spacial score (nSPS) is 10.6. The minimum Gasteiger partial charge on any atom is -0.505 e. The third-order valence-corrected chi connectivity index (χ3v) is 2.28. The maximum absolute atomic E-state index is 12.5. The number of hydrogen-bond acceptors (Lipinski definition) is 4. The molecule has 0 fully saturated rings. The van der Waals surface area contributed by atoms with Crippen molar-refractivity contribution >= 4 is 17.6 Å². The summed E-state index contributed by atoms with van der Waals surface area (Å²) >= 11 is 5.53. The second-order valence-electron chi connectivity index (χ2n) is 3.05. The van der Waals surface area contributed by atoms with Crippen molar-refractivity contribution in [1.82, 2.24) is 4.98 Å². The summed E-state index contributed by atoms with van der Waals surface area (Å²) < 4.78 is 29.6. The average molecular weight is 266 g/mol. The van der Waals surface area contributed by atoms with Crippen LogP contribution in [0.15, 0.2) is 6.20 Å². The Morgan fingerprint density at radius 2 is 2.29 bits per heavy atom. The summed E-state index contributed by atoms with van der Waals surface area (Å²) in [5, 5.41) is 9.57. The minimum atomic E-state index is -2.98. The van der Waals surface area contributed by atoms with Gasteiger partial charge in [0.15, 0.2) is 5.75 Å². The Morgan fingerprint density at radius 3 is 2.76 bits per heavy atom. The zero-order valence-corrected chi connectivity index (χ0v) is 9.67. The first-order chi connectivity index (χ1) is 8.02. The van der Waals surface area contributed by atoms with Crippen molar-refractivity contribution < 1.29 is 23.4 Å². The van der Waals surface area contributed by atoms with E-state index in [4.69, 9.17) is 11.6 Å². The fraction of sp³-hybridized carbons (Fsp3) is 0.400. The Bertz CT molecular complexity index is 426. The first kappa shape index (κ1) is 13.6. The van der Waals surface area contributed by atoms with E-state index < -0.39 is 23.8 Å². The molecule has 0 spiro atoms. The number of carbonyl (C=O) groups is 1. The van der Waals surface area contributed by atoms with Crippen molar-refractivity contribution in [3.8, 4) is 5.75 Å². The molecule has 1 aromatic rings. The van der Waals surface area contributed by atoms with Crippen LogP contribution in [0.4, 0.5) is 8.78 Å². The van der Waals surface area contributed by atoms with E-state index in [9.17, 15) is 18.7 Å². The van der Waals surface area contributed by atoms with Crippen LogP contribution in [-0.4, -0.2) is 22.7 Å². The van der Waals surface area contributed by atoms with E-state index in [1.54, 1.807) is 6.92 Å². The van der Waals surface area contributed by atoms with Crippen molar-refractivity contribution in [1.29, 1.82) is 0 Å². The van der Waals surface area contributed by atoms with Gasteiger partial charge in [-0.2, -0.15) is 0 Å². The Labute approximate surface area is 101 Å². The summed E-state index contributed by atoms with van der Waals surface area (Å²) in [7, 11) is 0. The number of esters is 1. The van der Waals surface area contributed by atoms with E-state index in [-0.39, 0.29) is 23.6 Å².